The van der Waals surface area contributed by atoms with Crippen LogP contribution in [0.15, 0.2) is 16.7 Å². The van der Waals surface area contributed by atoms with Gasteiger partial charge in [0.15, 0.2) is 0 Å². The molecule has 96 valence electrons. The molecule has 7 heteroatoms. The minimum atomic E-state index is 0.278. The molecule has 18 heavy (non-hydrogen) atoms. The first kappa shape index (κ1) is 12.4. The van der Waals surface area contributed by atoms with Crippen LogP contribution in [0.4, 0.5) is 0 Å². The van der Waals surface area contributed by atoms with Crippen molar-refractivity contribution in [2.24, 2.45) is 0 Å². The molecule has 0 radical (unpaired) electrons. The van der Waals surface area contributed by atoms with Crippen LogP contribution in [-0.2, 0) is 6.42 Å². The first-order chi connectivity index (χ1) is 8.72. The largest absolute Gasteiger partial charge is 0.480 e. The lowest BCUT2D eigenvalue weighted by atomic mass is 10.2. The van der Waals surface area contributed by atoms with Crippen LogP contribution < -0.4 is 10.1 Å². The molecule has 0 saturated carbocycles. The highest BCUT2D eigenvalue weighted by atomic mass is 16.5. The van der Waals surface area contributed by atoms with Crippen LogP contribution in [0.2, 0.25) is 0 Å². The fourth-order valence-corrected chi connectivity index (χ4v) is 1.35. The topological polar surface area (TPSA) is 86.0 Å². The predicted molar refractivity (Wildman–Crippen MR) is 64.1 cm³/mol. The lowest BCUT2D eigenvalue weighted by Gasteiger charge is -2.04. The molecule has 0 saturated heterocycles. The lowest BCUT2D eigenvalue weighted by molar-refractivity contribution is 0.365. The van der Waals surface area contributed by atoms with Gasteiger partial charge in [0.2, 0.25) is 17.6 Å². The Balaban J connectivity index is 2.13. The average molecular weight is 249 g/mol. The van der Waals surface area contributed by atoms with Gasteiger partial charge in [0.1, 0.15) is 5.69 Å². The summed E-state index contributed by atoms with van der Waals surface area (Å²) in [5.41, 5.74) is 0.558. The Morgan fingerprint density at radius 3 is 2.83 bits per heavy atom. The number of rotatable bonds is 5. The lowest BCUT2D eigenvalue weighted by Crippen LogP contribution is -2.23. The van der Waals surface area contributed by atoms with Crippen molar-refractivity contribution in [1.82, 2.24) is 25.7 Å². The second-order valence-corrected chi connectivity index (χ2v) is 3.87. The maximum atomic E-state index is 5.15. The number of hydrogen-bond donors (Lipinski definition) is 1. The van der Waals surface area contributed by atoms with Crippen molar-refractivity contribution < 1.29 is 9.26 Å². The van der Waals surface area contributed by atoms with Gasteiger partial charge in [-0.3, -0.25) is 0 Å². The van der Waals surface area contributed by atoms with E-state index in [0.717, 1.165) is 0 Å². The van der Waals surface area contributed by atoms with Gasteiger partial charge in [-0.1, -0.05) is 5.16 Å². The number of hydrogen-bond acceptors (Lipinski definition) is 7. The molecular weight excluding hydrogens is 234 g/mol. The zero-order chi connectivity index (χ0) is 13.0. The molecule has 0 fully saturated rings. The van der Waals surface area contributed by atoms with Crippen LogP contribution in [0.25, 0.3) is 11.5 Å². The van der Waals surface area contributed by atoms with Gasteiger partial charge in [-0.2, -0.15) is 4.98 Å². The molecule has 0 bridgehead atoms. The number of ether oxygens (including phenoxy) is 1. The van der Waals surface area contributed by atoms with Crippen LogP contribution in [-0.4, -0.2) is 40.5 Å². The molecule has 1 N–H and O–H groups in total. The summed E-state index contributed by atoms with van der Waals surface area (Å²) in [6, 6.07) is 3.72. The third-order valence-electron chi connectivity index (χ3n) is 2.52. The van der Waals surface area contributed by atoms with Crippen molar-refractivity contribution in [2.75, 3.05) is 14.2 Å². The summed E-state index contributed by atoms with van der Waals surface area (Å²) in [6.07, 6.45) is 0.674. The normalized spacial score (nSPS) is 12.4. The van der Waals surface area contributed by atoms with Crippen LogP contribution in [0.1, 0.15) is 12.8 Å². The van der Waals surface area contributed by atoms with Crippen LogP contribution >= 0.6 is 0 Å². The van der Waals surface area contributed by atoms with E-state index in [4.69, 9.17) is 9.26 Å². The second-order valence-electron chi connectivity index (χ2n) is 3.87. The zero-order valence-electron chi connectivity index (χ0n) is 10.5. The predicted octanol–water partition coefficient (Wildman–Crippen LogP) is 0.686. The van der Waals surface area contributed by atoms with Gasteiger partial charge in [-0.05, 0) is 20.0 Å². The molecule has 0 amide bonds. The molecule has 2 rings (SSSR count). The van der Waals surface area contributed by atoms with Crippen LogP contribution in [0.3, 0.4) is 0 Å². The standard InChI is InChI=1S/C11H15N5O2/c1-7(12-2)6-10-13-11(16-18-10)8-4-5-9(17-3)15-14-8/h4-5,7,12H,6H2,1-3H3. The van der Waals surface area contributed by atoms with Crippen molar-refractivity contribution in [3.8, 4) is 17.4 Å². The van der Waals surface area contributed by atoms with Crippen molar-refractivity contribution in [1.29, 1.82) is 0 Å². The first-order valence-electron chi connectivity index (χ1n) is 5.61. The molecule has 7 nitrogen and oxygen atoms in total. The highest BCUT2D eigenvalue weighted by Gasteiger charge is 2.12. The quantitative estimate of drug-likeness (QED) is 0.834. The van der Waals surface area contributed by atoms with E-state index >= 15 is 0 Å². The van der Waals surface area contributed by atoms with Gasteiger partial charge < -0.3 is 14.6 Å². The number of nitrogens with zero attached hydrogens (tertiary/aromatic N) is 4. The third kappa shape index (κ3) is 2.80. The molecule has 0 aliphatic rings. The Hall–Kier alpha value is -2.02. The second kappa shape index (κ2) is 5.54. The van der Waals surface area contributed by atoms with Gasteiger partial charge in [0.25, 0.3) is 0 Å². The zero-order valence-corrected chi connectivity index (χ0v) is 10.5. The molecule has 1 atom stereocenters. The minimum absolute atomic E-state index is 0.278. The molecule has 0 aliphatic heterocycles. The van der Waals surface area contributed by atoms with Gasteiger partial charge in [0, 0.05) is 18.5 Å². The maximum Gasteiger partial charge on any atom is 0.233 e. The van der Waals surface area contributed by atoms with Crippen molar-refractivity contribution >= 4 is 0 Å². The van der Waals surface area contributed by atoms with Gasteiger partial charge in [0.05, 0.1) is 7.11 Å². The maximum absolute atomic E-state index is 5.15. The molecule has 0 spiro atoms. The fraction of sp³-hybridized carbons (Fsp3) is 0.455. The van der Waals surface area contributed by atoms with Gasteiger partial charge in [-0.25, -0.2) is 0 Å². The monoisotopic (exact) mass is 249 g/mol. The van der Waals surface area contributed by atoms with E-state index in [9.17, 15) is 0 Å². The van der Waals surface area contributed by atoms with Crippen molar-refractivity contribution in [3.05, 3.63) is 18.0 Å². The summed E-state index contributed by atoms with van der Waals surface area (Å²) >= 11 is 0. The molecule has 2 heterocycles. The smallest absolute Gasteiger partial charge is 0.233 e. The average Bonchev–Trinajstić information content (AvgIpc) is 2.87. The van der Waals surface area contributed by atoms with E-state index in [2.05, 4.69) is 25.7 Å². The Morgan fingerprint density at radius 1 is 1.39 bits per heavy atom. The van der Waals surface area contributed by atoms with Crippen LogP contribution in [0, 0.1) is 0 Å². The third-order valence-corrected chi connectivity index (χ3v) is 2.52. The summed E-state index contributed by atoms with van der Waals surface area (Å²) in [5, 5.41) is 14.8. The Bertz CT molecular complexity index is 496. The Morgan fingerprint density at radius 2 is 2.22 bits per heavy atom. The summed E-state index contributed by atoms with van der Waals surface area (Å²) in [4.78, 5) is 4.26. The van der Waals surface area contributed by atoms with Gasteiger partial charge in [-0.15, -0.1) is 10.2 Å². The fourth-order valence-electron chi connectivity index (χ4n) is 1.35. The van der Waals surface area contributed by atoms with E-state index in [0.29, 0.717) is 29.7 Å². The number of methoxy groups -OCH3 is 1. The number of nitrogens with one attached hydrogen (secondary N) is 1. The molecule has 2 aromatic heterocycles. The molecular formula is C11H15N5O2. The van der Waals surface area contributed by atoms with E-state index in [1.54, 1.807) is 12.1 Å². The summed E-state index contributed by atoms with van der Waals surface area (Å²) < 4.78 is 10.1. The number of aromatic nitrogens is 4. The number of likely N-dealkylation sites (N-methyl/N-ethyl adjacent to an activating group) is 1. The molecule has 2 aromatic rings. The minimum Gasteiger partial charge on any atom is -0.480 e. The van der Waals surface area contributed by atoms with E-state index < -0.39 is 0 Å². The van der Waals surface area contributed by atoms with E-state index in [1.807, 2.05) is 14.0 Å². The highest BCUT2D eigenvalue weighted by Crippen LogP contribution is 2.14. The first-order valence-corrected chi connectivity index (χ1v) is 5.61. The molecule has 0 aliphatic carbocycles. The van der Waals surface area contributed by atoms with Gasteiger partial charge >= 0.3 is 0 Å². The van der Waals surface area contributed by atoms with Crippen LogP contribution in [0.5, 0.6) is 5.88 Å². The SMILES string of the molecule is CNC(C)Cc1nc(-c2ccc(OC)nn2)no1. The van der Waals surface area contributed by atoms with E-state index in [-0.39, 0.29) is 6.04 Å². The highest BCUT2D eigenvalue weighted by molar-refractivity contribution is 5.47. The van der Waals surface area contributed by atoms with Crippen molar-refractivity contribution in [3.63, 3.8) is 0 Å². The Labute approximate surface area is 105 Å². The van der Waals surface area contributed by atoms with E-state index in [1.165, 1.54) is 7.11 Å². The summed E-state index contributed by atoms with van der Waals surface area (Å²) in [7, 11) is 3.42. The Kier molecular flexibility index (Phi) is 3.83. The molecule has 1 unspecified atom stereocenters. The van der Waals surface area contributed by atoms with Crippen molar-refractivity contribution in [2.45, 2.75) is 19.4 Å². The summed E-state index contributed by atoms with van der Waals surface area (Å²) in [6.45, 7) is 2.04. The molecule has 0 aromatic carbocycles. The summed E-state index contributed by atoms with van der Waals surface area (Å²) in [5.74, 6) is 1.46.